The van der Waals surface area contributed by atoms with Crippen LogP contribution in [0.2, 0.25) is 0 Å². The van der Waals surface area contributed by atoms with Crippen LogP contribution in [0.1, 0.15) is 30.9 Å². The van der Waals surface area contributed by atoms with Crippen LogP contribution in [0.15, 0.2) is 41.3 Å². The third-order valence-electron chi connectivity index (χ3n) is 4.50. The van der Waals surface area contributed by atoms with E-state index in [1.54, 1.807) is 37.3 Å². The zero-order valence-electron chi connectivity index (χ0n) is 15.5. The SMILES string of the molecule is CCOc1ccc(Nc2c(C#N)cccc2C#N)cc1S(=O)(=O)N1CCCC1. The molecule has 0 radical (unpaired) electrons. The Balaban J connectivity index is 2.06. The summed E-state index contributed by atoms with van der Waals surface area (Å²) in [5, 5.41) is 21.7. The normalized spacial score (nSPS) is 14.2. The second kappa shape index (κ2) is 8.30. The largest absolute Gasteiger partial charge is 0.492 e. The van der Waals surface area contributed by atoms with Gasteiger partial charge in [0.15, 0.2) is 0 Å². The molecule has 8 heteroatoms. The molecule has 2 aromatic rings. The number of para-hydroxylation sites is 1. The van der Waals surface area contributed by atoms with Gasteiger partial charge in [-0.3, -0.25) is 0 Å². The smallest absolute Gasteiger partial charge is 0.246 e. The first-order valence-corrected chi connectivity index (χ1v) is 10.4. The number of sulfonamides is 1. The molecule has 1 N–H and O–H groups in total. The summed E-state index contributed by atoms with van der Waals surface area (Å²) in [5.41, 5.74) is 1.41. The number of nitrogens with one attached hydrogen (secondary N) is 1. The van der Waals surface area contributed by atoms with Gasteiger partial charge >= 0.3 is 0 Å². The van der Waals surface area contributed by atoms with Crippen molar-refractivity contribution in [1.82, 2.24) is 4.31 Å². The van der Waals surface area contributed by atoms with E-state index in [1.165, 1.54) is 10.4 Å². The fourth-order valence-electron chi connectivity index (χ4n) is 3.15. The van der Waals surface area contributed by atoms with Gasteiger partial charge in [-0.25, -0.2) is 8.42 Å². The molecule has 3 rings (SSSR count). The molecule has 0 bridgehead atoms. The van der Waals surface area contributed by atoms with Crippen LogP contribution in [0.4, 0.5) is 11.4 Å². The monoisotopic (exact) mass is 396 g/mol. The molecule has 0 unspecified atom stereocenters. The zero-order valence-corrected chi connectivity index (χ0v) is 16.3. The molecule has 0 aromatic heterocycles. The number of nitriles is 2. The summed E-state index contributed by atoms with van der Waals surface area (Å²) in [4.78, 5) is 0.0780. The Labute approximate surface area is 164 Å². The van der Waals surface area contributed by atoms with Crippen molar-refractivity contribution >= 4 is 21.4 Å². The van der Waals surface area contributed by atoms with Gasteiger partial charge in [0.25, 0.3) is 0 Å². The molecule has 144 valence electrons. The topological polar surface area (TPSA) is 106 Å². The van der Waals surface area contributed by atoms with Crippen LogP contribution >= 0.6 is 0 Å². The highest BCUT2D eigenvalue weighted by molar-refractivity contribution is 7.89. The molecular weight excluding hydrogens is 376 g/mol. The molecule has 0 aliphatic carbocycles. The van der Waals surface area contributed by atoms with Crippen molar-refractivity contribution in [2.45, 2.75) is 24.7 Å². The lowest BCUT2D eigenvalue weighted by atomic mass is 10.1. The minimum absolute atomic E-state index is 0.0780. The number of benzene rings is 2. The molecule has 28 heavy (non-hydrogen) atoms. The maximum absolute atomic E-state index is 13.1. The number of nitrogens with zero attached hydrogens (tertiary/aromatic N) is 3. The maximum atomic E-state index is 13.1. The van der Waals surface area contributed by atoms with Crippen molar-refractivity contribution in [1.29, 1.82) is 10.5 Å². The highest BCUT2D eigenvalue weighted by atomic mass is 32.2. The number of ether oxygens (including phenoxy) is 1. The fourth-order valence-corrected chi connectivity index (χ4v) is 4.82. The summed E-state index contributed by atoms with van der Waals surface area (Å²) in [5.74, 6) is 0.286. The molecule has 1 fully saturated rings. The van der Waals surface area contributed by atoms with E-state index in [9.17, 15) is 18.9 Å². The maximum Gasteiger partial charge on any atom is 0.246 e. The van der Waals surface area contributed by atoms with Crippen molar-refractivity contribution < 1.29 is 13.2 Å². The average Bonchev–Trinajstić information content (AvgIpc) is 3.25. The van der Waals surface area contributed by atoms with Crippen LogP contribution in [-0.2, 0) is 10.0 Å². The van der Waals surface area contributed by atoms with E-state index in [0.717, 1.165) is 12.8 Å². The molecule has 0 atom stereocenters. The first kappa shape index (κ1) is 19.7. The minimum Gasteiger partial charge on any atom is -0.492 e. The van der Waals surface area contributed by atoms with Crippen LogP contribution in [0.25, 0.3) is 0 Å². The highest BCUT2D eigenvalue weighted by Gasteiger charge is 2.30. The quantitative estimate of drug-likeness (QED) is 0.802. The first-order chi connectivity index (χ1) is 13.5. The molecule has 0 amide bonds. The zero-order chi connectivity index (χ0) is 20.1. The number of anilines is 2. The van der Waals surface area contributed by atoms with Gasteiger partial charge in [-0.15, -0.1) is 0 Å². The highest BCUT2D eigenvalue weighted by Crippen LogP contribution is 2.33. The van der Waals surface area contributed by atoms with E-state index < -0.39 is 10.0 Å². The average molecular weight is 396 g/mol. The molecular formula is C20H20N4O3S. The molecule has 1 aliphatic rings. The summed E-state index contributed by atoms with van der Waals surface area (Å²) in [6.07, 6.45) is 1.67. The lowest BCUT2D eigenvalue weighted by molar-refractivity contribution is 0.330. The summed E-state index contributed by atoms with van der Waals surface area (Å²) >= 11 is 0. The van der Waals surface area contributed by atoms with Crippen LogP contribution < -0.4 is 10.1 Å². The van der Waals surface area contributed by atoms with E-state index in [4.69, 9.17) is 4.74 Å². The van der Waals surface area contributed by atoms with E-state index in [0.29, 0.717) is 42.2 Å². The minimum atomic E-state index is -3.70. The van der Waals surface area contributed by atoms with Crippen molar-refractivity contribution in [2.75, 3.05) is 25.0 Å². The second-order valence-electron chi connectivity index (χ2n) is 6.28. The lowest BCUT2D eigenvalue weighted by Gasteiger charge is -2.19. The lowest BCUT2D eigenvalue weighted by Crippen LogP contribution is -2.28. The van der Waals surface area contributed by atoms with E-state index in [-0.39, 0.29) is 10.6 Å². The van der Waals surface area contributed by atoms with Crippen LogP contribution in [0.5, 0.6) is 5.75 Å². The Morgan fingerprint density at radius 1 is 1.11 bits per heavy atom. The Bertz CT molecular complexity index is 1030. The second-order valence-corrected chi connectivity index (χ2v) is 8.19. The van der Waals surface area contributed by atoms with Gasteiger partial charge in [0.05, 0.1) is 23.4 Å². The summed E-state index contributed by atoms with van der Waals surface area (Å²) < 4.78 is 33.2. The van der Waals surface area contributed by atoms with Gasteiger partial charge in [0.1, 0.15) is 22.8 Å². The van der Waals surface area contributed by atoms with Gasteiger partial charge in [0.2, 0.25) is 10.0 Å². The third-order valence-corrected chi connectivity index (χ3v) is 6.42. The van der Waals surface area contributed by atoms with E-state index >= 15 is 0 Å². The van der Waals surface area contributed by atoms with Crippen molar-refractivity contribution in [2.24, 2.45) is 0 Å². The van der Waals surface area contributed by atoms with Crippen molar-refractivity contribution in [3.05, 3.63) is 47.5 Å². The predicted molar refractivity (Wildman–Crippen MR) is 105 cm³/mol. The summed E-state index contributed by atoms with van der Waals surface area (Å²) in [7, 11) is -3.70. The summed E-state index contributed by atoms with van der Waals surface area (Å²) in [6.45, 7) is 3.11. The molecule has 1 aliphatic heterocycles. The van der Waals surface area contributed by atoms with Gasteiger partial charge in [-0.2, -0.15) is 14.8 Å². The first-order valence-electron chi connectivity index (χ1n) is 8.98. The van der Waals surface area contributed by atoms with Gasteiger partial charge < -0.3 is 10.1 Å². The van der Waals surface area contributed by atoms with E-state index in [2.05, 4.69) is 5.32 Å². The van der Waals surface area contributed by atoms with Crippen molar-refractivity contribution in [3.8, 4) is 17.9 Å². The van der Waals surface area contributed by atoms with Crippen LogP contribution in [-0.4, -0.2) is 32.4 Å². The Hall–Kier alpha value is -3.07. The molecule has 7 nitrogen and oxygen atoms in total. The molecule has 2 aromatic carbocycles. The van der Waals surface area contributed by atoms with E-state index in [1.807, 2.05) is 12.1 Å². The number of hydrogen-bond donors (Lipinski definition) is 1. The third kappa shape index (κ3) is 3.79. The number of hydrogen-bond acceptors (Lipinski definition) is 6. The summed E-state index contributed by atoms with van der Waals surface area (Å²) in [6, 6.07) is 13.7. The number of rotatable bonds is 6. The van der Waals surface area contributed by atoms with Gasteiger partial charge in [0, 0.05) is 18.8 Å². The fraction of sp³-hybridized carbons (Fsp3) is 0.300. The Morgan fingerprint density at radius 3 is 2.32 bits per heavy atom. The molecule has 0 saturated carbocycles. The van der Waals surface area contributed by atoms with Gasteiger partial charge in [-0.1, -0.05) is 6.07 Å². The Kier molecular flexibility index (Phi) is 5.84. The molecule has 0 spiro atoms. The Morgan fingerprint density at radius 2 is 1.75 bits per heavy atom. The van der Waals surface area contributed by atoms with Crippen LogP contribution in [0, 0.1) is 22.7 Å². The molecule has 1 saturated heterocycles. The standard InChI is InChI=1S/C20H20N4O3S/c1-2-27-18-9-8-17(12-19(18)28(25,26)24-10-3-4-11-24)23-20-15(13-21)6-5-7-16(20)14-22/h5-9,12,23H,2-4,10-11H2,1H3. The van der Waals surface area contributed by atoms with Crippen LogP contribution in [0.3, 0.4) is 0 Å². The predicted octanol–water partition coefficient (Wildman–Crippen LogP) is 3.36. The molecule has 1 heterocycles. The van der Waals surface area contributed by atoms with Crippen molar-refractivity contribution in [3.63, 3.8) is 0 Å². The van der Waals surface area contributed by atoms with Gasteiger partial charge in [-0.05, 0) is 50.1 Å².